The Kier molecular flexibility index (Phi) is 5.71. The van der Waals surface area contributed by atoms with Crippen LogP contribution in [0.3, 0.4) is 0 Å². The second-order valence-corrected chi connectivity index (χ2v) is 6.80. The van der Waals surface area contributed by atoms with Crippen molar-refractivity contribution in [3.8, 4) is 0 Å². The molecule has 1 saturated carbocycles. The average molecular weight is 275 g/mol. The molecule has 0 aromatic rings. The highest BCUT2D eigenvalue weighted by Crippen LogP contribution is 2.49. The van der Waals surface area contributed by atoms with Crippen molar-refractivity contribution in [3.63, 3.8) is 0 Å². The van der Waals surface area contributed by atoms with E-state index in [1.807, 2.05) is 11.8 Å². The predicted octanol–water partition coefficient (Wildman–Crippen LogP) is 3.12. The highest BCUT2D eigenvalue weighted by molar-refractivity contribution is 8.00. The third-order valence-corrected chi connectivity index (χ3v) is 6.42. The molecule has 1 amide bonds. The van der Waals surface area contributed by atoms with Crippen molar-refractivity contribution < 1.29 is 4.79 Å². The molecule has 0 aromatic heterocycles. The standard InChI is InChI=1S/C13H25NOS2/c1-4-13(5-2,17-3)9-14-11(15)8-12(10-16)6-7-12/h16H,4-10H2,1-3H3,(H,14,15). The molecule has 1 rings (SSSR count). The summed E-state index contributed by atoms with van der Waals surface area (Å²) < 4.78 is 0.216. The van der Waals surface area contributed by atoms with Gasteiger partial charge in [-0.15, -0.1) is 0 Å². The number of carbonyl (C=O) groups is 1. The van der Waals surface area contributed by atoms with Gasteiger partial charge in [-0.3, -0.25) is 4.79 Å². The number of thioether (sulfide) groups is 1. The van der Waals surface area contributed by atoms with Crippen LogP contribution in [-0.2, 0) is 4.79 Å². The van der Waals surface area contributed by atoms with Gasteiger partial charge in [0.05, 0.1) is 0 Å². The third-order valence-electron chi connectivity index (χ3n) is 4.16. The summed E-state index contributed by atoms with van der Waals surface area (Å²) in [5, 5.41) is 3.11. The Hall–Kier alpha value is 0.170. The number of nitrogens with one attached hydrogen (secondary N) is 1. The highest BCUT2D eigenvalue weighted by Gasteiger charge is 2.43. The predicted molar refractivity (Wildman–Crippen MR) is 80.0 cm³/mol. The SMILES string of the molecule is CCC(CC)(CNC(=O)CC1(CS)CC1)SC. The molecule has 17 heavy (non-hydrogen) atoms. The Labute approximate surface area is 115 Å². The maximum absolute atomic E-state index is 11.9. The van der Waals surface area contributed by atoms with E-state index < -0.39 is 0 Å². The van der Waals surface area contributed by atoms with Crippen molar-refractivity contribution in [3.05, 3.63) is 0 Å². The van der Waals surface area contributed by atoms with Crippen LogP contribution in [0.4, 0.5) is 0 Å². The van der Waals surface area contributed by atoms with Gasteiger partial charge in [-0.2, -0.15) is 24.4 Å². The molecule has 0 bridgehead atoms. The van der Waals surface area contributed by atoms with Gasteiger partial charge in [-0.05, 0) is 43.1 Å². The van der Waals surface area contributed by atoms with Gasteiger partial charge in [-0.25, -0.2) is 0 Å². The first-order valence-electron chi connectivity index (χ1n) is 6.48. The van der Waals surface area contributed by atoms with Gasteiger partial charge in [0.25, 0.3) is 0 Å². The summed E-state index contributed by atoms with van der Waals surface area (Å²) >= 11 is 6.20. The molecule has 0 radical (unpaired) electrons. The molecule has 0 unspecified atom stereocenters. The van der Waals surface area contributed by atoms with E-state index in [0.717, 1.165) is 25.1 Å². The Morgan fingerprint density at radius 3 is 2.35 bits per heavy atom. The van der Waals surface area contributed by atoms with Crippen LogP contribution in [0.5, 0.6) is 0 Å². The fraction of sp³-hybridized carbons (Fsp3) is 0.923. The van der Waals surface area contributed by atoms with Crippen LogP contribution >= 0.6 is 24.4 Å². The van der Waals surface area contributed by atoms with Gasteiger partial charge in [0.15, 0.2) is 0 Å². The number of hydrogen-bond donors (Lipinski definition) is 2. The molecule has 1 N–H and O–H groups in total. The molecule has 0 saturated heterocycles. The Bertz CT molecular complexity index is 252. The molecule has 0 aliphatic heterocycles. The molecule has 0 aromatic carbocycles. The van der Waals surface area contributed by atoms with E-state index >= 15 is 0 Å². The second-order valence-electron chi connectivity index (χ2n) is 5.21. The maximum atomic E-state index is 11.9. The van der Waals surface area contributed by atoms with Crippen LogP contribution in [0.1, 0.15) is 46.0 Å². The minimum Gasteiger partial charge on any atom is -0.355 e. The van der Waals surface area contributed by atoms with Gasteiger partial charge < -0.3 is 5.32 Å². The number of rotatable bonds is 8. The fourth-order valence-electron chi connectivity index (χ4n) is 2.09. The molecule has 0 atom stereocenters. The summed E-state index contributed by atoms with van der Waals surface area (Å²) in [5.41, 5.74) is 0.230. The monoisotopic (exact) mass is 275 g/mol. The number of carbonyl (C=O) groups excluding carboxylic acids is 1. The van der Waals surface area contributed by atoms with Crippen LogP contribution in [0.15, 0.2) is 0 Å². The van der Waals surface area contributed by atoms with Crippen LogP contribution in [0.25, 0.3) is 0 Å². The minimum absolute atomic E-state index is 0.205. The van der Waals surface area contributed by atoms with Gasteiger partial charge in [0.2, 0.25) is 5.91 Å². The maximum Gasteiger partial charge on any atom is 0.220 e. The quantitative estimate of drug-likeness (QED) is 0.666. The van der Waals surface area contributed by atoms with E-state index in [4.69, 9.17) is 0 Å². The number of hydrogen-bond acceptors (Lipinski definition) is 3. The second kappa shape index (κ2) is 6.37. The normalized spacial score (nSPS) is 17.9. The highest BCUT2D eigenvalue weighted by atomic mass is 32.2. The van der Waals surface area contributed by atoms with E-state index in [9.17, 15) is 4.79 Å². The zero-order valence-electron chi connectivity index (χ0n) is 11.2. The van der Waals surface area contributed by atoms with Crippen LogP contribution < -0.4 is 5.32 Å². The lowest BCUT2D eigenvalue weighted by molar-refractivity contribution is -0.122. The Morgan fingerprint density at radius 2 is 2.00 bits per heavy atom. The molecule has 2 nitrogen and oxygen atoms in total. The summed E-state index contributed by atoms with van der Waals surface area (Å²) in [6.07, 6.45) is 7.33. The first-order chi connectivity index (χ1) is 8.05. The summed E-state index contributed by atoms with van der Waals surface area (Å²) in [6.45, 7) is 5.19. The molecular weight excluding hydrogens is 250 g/mol. The zero-order valence-corrected chi connectivity index (χ0v) is 12.9. The summed E-state index contributed by atoms with van der Waals surface area (Å²) in [6, 6.07) is 0. The van der Waals surface area contributed by atoms with E-state index in [1.54, 1.807) is 0 Å². The smallest absolute Gasteiger partial charge is 0.220 e. The van der Waals surface area contributed by atoms with Gasteiger partial charge >= 0.3 is 0 Å². The summed E-state index contributed by atoms with van der Waals surface area (Å²) in [7, 11) is 0. The molecule has 1 fully saturated rings. The molecule has 1 aliphatic carbocycles. The van der Waals surface area contributed by atoms with Crippen LogP contribution in [0, 0.1) is 5.41 Å². The van der Waals surface area contributed by atoms with Crippen LogP contribution in [-0.4, -0.2) is 29.2 Å². The van der Waals surface area contributed by atoms with Crippen molar-refractivity contribution in [1.82, 2.24) is 5.32 Å². The first kappa shape index (κ1) is 15.2. The number of amides is 1. The van der Waals surface area contributed by atoms with Gasteiger partial charge in [0.1, 0.15) is 0 Å². The topological polar surface area (TPSA) is 29.1 Å². The lowest BCUT2D eigenvalue weighted by atomic mass is 10.0. The first-order valence-corrected chi connectivity index (χ1v) is 8.34. The molecule has 0 heterocycles. The van der Waals surface area contributed by atoms with Gasteiger partial charge in [-0.1, -0.05) is 13.8 Å². The zero-order chi connectivity index (χ0) is 12.9. The lowest BCUT2D eigenvalue weighted by Gasteiger charge is -2.30. The van der Waals surface area contributed by atoms with Crippen molar-refractivity contribution in [2.24, 2.45) is 5.41 Å². The largest absolute Gasteiger partial charge is 0.355 e. The molecule has 1 aliphatic rings. The Balaban J connectivity index is 2.36. The molecule has 4 heteroatoms. The van der Waals surface area contributed by atoms with E-state index in [2.05, 4.69) is 38.0 Å². The Morgan fingerprint density at radius 1 is 1.41 bits per heavy atom. The average Bonchev–Trinajstić information content (AvgIpc) is 3.12. The van der Waals surface area contributed by atoms with Crippen molar-refractivity contribution in [2.75, 3.05) is 18.6 Å². The third kappa shape index (κ3) is 4.09. The summed E-state index contributed by atoms with van der Waals surface area (Å²) in [5.74, 6) is 1.05. The number of thiol groups is 1. The van der Waals surface area contributed by atoms with E-state index in [1.165, 1.54) is 12.8 Å². The van der Waals surface area contributed by atoms with Gasteiger partial charge in [0, 0.05) is 17.7 Å². The lowest BCUT2D eigenvalue weighted by Crippen LogP contribution is -2.40. The van der Waals surface area contributed by atoms with E-state index in [-0.39, 0.29) is 16.1 Å². The minimum atomic E-state index is 0.205. The summed E-state index contributed by atoms with van der Waals surface area (Å²) in [4.78, 5) is 11.9. The van der Waals surface area contributed by atoms with Crippen molar-refractivity contribution in [1.29, 1.82) is 0 Å². The molecule has 100 valence electrons. The van der Waals surface area contributed by atoms with Crippen LogP contribution in [0.2, 0.25) is 0 Å². The van der Waals surface area contributed by atoms with Crippen molar-refractivity contribution in [2.45, 2.75) is 50.7 Å². The fourth-order valence-corrected chi connectivity index (χ4v) is 3.31. The molecule has 0 spiro atoms. The molecular formula is C13H25NOS2. The van der Waals surface area contributed by atoms with Crippen molar-refractivity contribution >= 4 is 30.3 Å². The van der Waals surface area contributed by atoms with E-state index in [0.29, 0.717) is 6.42 Å².